The van der Waals surface area contributed by atoms with Crippen LogP contribution in [0.4, 0.5) is 11.6 Å². The minimum atomic E-state index is 0.386. The Balaban J connectivity index is 1.93. The van der Waals surface area contributed by atoms with Crippen LogP contribution in [-0.4, -0.2) is 29.1 Å². The number of anilines is 2. The van der Waals surface area contributed by atoms with Gasteiger partial charge in [0.15, 0.2) is 0 Å². The molecule has 0 amide bonds. The van der Waals surface area contributed by atoms with Gasteiger partial charge in [-0.3, -0.25) is 0 Å². The lowest BCUT2D eigenvalue weighted by Gasteiger charge is -2.23. The van der Waals surface area contributed by atoms with E-state index < -0.39 is 0 Å². The number of thioether (sulfide) groups is 1. The predicted molar refractivity (Wildman–Crippen MR) is 72.4 cm³/mol. The molecule has 0 spiro atoms. The lowest BCUT2D eigenvalue weighted by molar-refractivity contribution is 0.634. The van der Waals surface area contributed by atoms with E-state index in [2.05, 4.69) is 34.3 Å². The molecule has 0 aromatic carbocycles. The summed E-state index contributed by atoms with van der Waals surface area (Å²) < 4.78 is 0.386. The molecule has 3 nitrogen and oxygen atoms in total. The quantitative estimate of drug-likeness (QED) is 0.844. The first-order valence-electron chi connectivity index (χ1n) is 5.74. The zero-order chi connectivity index (χ0) is 11.4. The highest BCUT2D eigenvalue weighted by Crippen LogP contribution is 2.37. The van der Waals surface area contributed by atoms with E-state index in [4.69, 9.17) is 0 Å². The zero-order valence-electron chi connectivity index (χ0n) is 9.92. The molecule has 16 heavy (non-hydrogen) atoms. The van der Waals surface area contributed by atoms with Crippen LogP contribution in [0.5, 0.6) is 0 Å². The summed E-state index contributed by atoms with van der Waals surface area (Å²) in [7, 11) is 1.89. The summed E-state index contributed by atoms with van der Waals surface area (Å²) in [6.45, 7) is 3.33. The van der Waals surface area contributed by atoms with Crippen molar-refractivity contribution < 1.29 is 0 Å². The number of nitrogens with zero attached hydrogens (tertiary/aromatic N) is 1. The molecule has 0 radical (unpaired) electrons. The van der Waals surface area contributed by atoms with E-state index in [0.29, 0.717) is 4.75 Å². The summed E-state index contributed by atoms with van der Waals surface area (Å²) in [5, 5.41) is 6.48. The molecule has 1 aliphatic rings. The maximum atomic E-state index is 4.45. The third-order valence-electron chi connectivity index (χ3n) is 2.95. The van der Waals surface area contributed by atoms with Crippen LogP contribution in [0.2, 0.25) is 0 Å². The van der Waals surface area contributed by atoms with Gasteiger partial charge in [0.2, 0.25) is 0 Å². The van der Waals surface area contributed by atoms with Crippen LogP contribution in [0.1, 0.15) is 19.8 Å². The molecule has 4 heteroatoms. The number of rotatable bonds is 4. The van der Waals surface area contributed by atoms with Gasteiger partial charge in [0.25, 0.3) is 0 Å². The molecule has 2 N–H and O–H groups in total. The van der Waals surface area contributed by atoms with Crippen LogP contribution in [0, 0.1) is 0 Å². The van der Waals surface area contributed by atoms with E-state index in [1.165, 1.54) is 18.6 Å². The first-order valence-corrected chi connectivity index (χ1v) is 6.73. The Morgan fingerprint density at radius 3 is 2.94 bits per heavy atom. The molecule has 0 bridgehead atoms. The molecule has 1 aliphatic heterocycles. The molecule has 1 atom stereocenters. The van der Waals surface area contributed by atoms with Gasteiger partial charge in [0.05, 0.1) is 0 Å². The average Bonchev–Trinajstić information content (AvgIpc) is 2.75. The van der Waals surface area contributed by atoms with E-state index in [-0.39, 0.29) is 0 Å². The van der Waals surface area contributed by atoms with Crippen molar-refractivity contribution in [2.45, 2.75) is 24.5 Å². The van der Waals surface area contributed by atoms with Crippen LogP contribution in [-0.2, 0) is 0 Å². The molecular weight excluding hydrogens is 218 g/mol. The fraction of sp³-hybridized carbons (Fsp3) is 0.583. The van der Waals surface area contributed by atoms with Crippen molar-refractivity contribution in [3.63, 3.8) is 0 Å². The van der Waals surface area contributed by atoms with Crippen molar-refractivity contribution in [2.75, 3.05) is 30.0 Å². The highest BCUT2D eigenvalue weighted by atomic mass is 32.2. The zero-order valence-corrected chi connectivity index (χ0v) is 10.7. The summed E-state index contributed by atoms with van der Waals surface area (Å²) in [5.41, 5.74) is 0. The second kappa shape index (κ2) is 4.95. The molecule has 1 saturated heterocycles. The number of aromatic nitrogens is 1. The van der Waals surface area contributed by atoms with Gasteiger partial charge in [-0.15, -0.1) is 0 Å². The Labute approximate surface area is 101 Å². The van der Waals surface area contributed by atoms with E-state index >= 15 is 0 Å². The lowest BCUT2D eigenvalue weighted by Crippen LogP contribution is -2.27. The molecule has 0 saturated carbocycles. The fourth-order valence-corrected chi connectivity index (χ4v) is 3.17. The number of pyridine rings is 1. The molecule has 2 rings (SSSR count). The molecule has 2 heterocycles. The van der Waals surface area contributed by atoms with Crippen LogP contribution in [0.15, 0.2) is 18.2 Å². The Morgan fingerprint density at radius 2 is 2.25 bits per heavy atom. The van der Waals surface area contributed by atoms with Crippen molar-refractivity contribution in [3.8, 4) is 0 Å². The van der Waals surface area contributed by atoms with E-state index in [9.17, 15) is 0 Å². The van der Waals surface area contributed by atoms with Crippen LogP contribution in [0.25, 0.3) is 0 Å². The van der Waals surface area contributed by atoms with Crippen LogP contribution < -0.4 is 10.6 Å². The lowest BCUT2D eigenvalue weighted by atomic mass is 10.1. The first-order chi connectivity index (χ1) is 7.72. The molecule has 1 fully saturated rings. The summed E-state index contributed by atoms with van der Waals surface area (Å²) in [4.78, 5) is 4.45. The number of hydrogen-bond acceptors (Lipinski definition) is 4. The molecule has 1 unspecified atom stereocenters. The predicted octanol–water partition coefficient (Wildman–Crippen LogP) is 2.82. The summed E-state index contributed by atoms with van der Waals surface area (Å²) in [6, 6.07) is 6.01. The largest absolute Gasteiger partial charge is 0.373 e. The highest BCUT2D eigenvalue weighted by Gasteiger charge is 2.29. The smallest absolute Gasteiger partial charge is 0.128 e. The van der Waals surface area contributed by atoms with Crippen molar-refractivity contribution in [3.05, 3.63) is 18.2 Å². The Bertz CT molecular complexity index is 348. The van der Waals surface area contributed by atoms with E-state index in [1.807, 2.05) is 25.2 Å². The van der Waals surface area contributed by atoms with Crippen LogP contribution >= 0.6 is 11.8 Å². The van der Waals surface area contributed by atoms with E-state index in [1.54, 1.807) is 0 Å². The SMILES string of the molecule is CNc1cccc(NCC2(C)CCCS2)n1. The third kappa shape index (κ3) is 2.82. The van der Waals surface area contributed by atoms with Crippen molar-refractivity contribution in [1.82, 2.24) is 4.98 Å². The van der Waals surface area contributed by atoms with Crippen molar-refractivity contribution in [1.29, 1.82) is 0 Å². The average molecular weight is 237 g/mol. The topological polar surface area (TPSA) is 37.0 Å². The van der Waals surface area contributed by atoms with Gasteiger partial charge in [-0.25, -0.2) is 4.98 Å². The molecule has 0 aliphatic carbocycles. The fourth-order valence-electron chi connectivity index (χ4n) is 1.93. The Morgan fingerprint density at radius 1 is 1.44 bits per heavy atom. The number of nitrogens with one attached hydrogen (secondary N) is 2. The van der Waals surface area contributed by atoms with Gasteiger partial charge in [0.1, 0.15) is 11.6 Å². The number of hydrogen-bond donors (Lipinski definition) is 2. The second-order valence-electron chi connectivity index (χ2n) is 4.41. The normalized spacial score (nSPS) is 24.4. The third-order valence-corrected chi connectivity index (χ3v) is 4.49. The summed E-state index contributed by atoms with van der Waals surface area (Å²) in [5.74, 6) is 3.16. The van der Waals surface area contributed by atoms with Gasteiger partial charge in [-0.2, -0.15) is 11.8 Å². The van der Waals surface area contributed by atoms with E-state index in [0.717, 1.165) is 18.2 Å². The summed E-state index contributed by atoms with van der Waals surface area (Å²) in [6.07, 6.45) is 2.64. The Hall–Kier alpha value is -0.900. The maximum absolute atomic E-state index is 4.45. The molecule has 88 valence electrons. The standard InChI is InChI=1S/C12H19N3S/c1-12(7-4-8-16-12)9-14-11-6-3-5-10(13-2)15-11/h3,5-6H,4,7-9H2,1-2H3,(H2,13,14,15). The second-order valence-corrected chi connectivity index (χ2v) is 6.10. The van der Waals surface area contributed by atoms with Gasteiger partial charge in [0, 0.05) is 18.3 Å². The van der Waals surface area contributed by atoms with Gasteiger partial charge >= 0.3 is 0 Å². The summed E-state index contributed by atoms with van der Waals surface area (Å²) >= 11 is 2.07. The van der Waals surface area contributed by atoms with Crippen LogP contribution in [0.3, 0.4) is 0 Å². The van der Waals surface area contributed by atoms with Gasteiger partial charge in [-0.05, 0) is 37.7 Å². The highest BCUT2D eigenvalue weighted by molar-refractivity contribution is 8.00. The van der Waals surface area contributed by atoms with Crippen molar-refractivity contribution >= 4 is 23.4 Å². The maximum Gasteiger partial charge on any atom is 0.128 e. The molecule has 1 aromatic heterocycles. The Kier molecular flexibility index (Phi) is 3.59. The van der Waals surface area contributed by atoms with Crippen molar-refractivity contribution in [2.24, 2.45) is 0 Å². The minimum Gasteiger partial charge on any atom is -0.373 e. The van der Waals surface area contributed by atoms with Gasteiger partial charge in [-0.1, -0.05) is 6.07 Å². The molecule has 1 aromatic rings. The minimum absolute atomic E-state index is 0.386. The molecular formula is C12H19N3S. The first kappa shape index (κ1) is 11.6. The monoisotopic (exact) mass is 237 g/mol. The van der Waals surface area contributed by atoms with Gasteiger partial charge < -0.3 is 10.6 Å².